The van der Waals surface area contributed by atoms with Crippen LogP contribution in [0.15, 0.2) is 4.79 Å². The summed E-state index contributed by atoms with van der Waals surface area (Å²) in [7, 11) is 0. The molecule has 1 saturated heterocycles. The van der Waals surface area contributed by atoms with Crippen molar-refractivity contribution in [2.24, 2.45) is 0 Å². The van der Waals surface area contributed by atoms with E-state index in [1.807, 2.05) is 0 Å². The summed E-state index contributed by atoms with van der Waals surface area (Å²) < 4.78 is 6.77. The largest absolute Gasteiger partial charge is 0.378 e. The van der Waals surface area contributed by atoms with E-state index in [9.17, 15) is 9.59 Å². The highest BCUT2D eigenvalue weighted by atomic mass is 16.5. The van der Waals surface area contributed by atoms with Gasteiger partial charge in [-0.2, -0.15) is 9.50 Å². The number of nitrogens with one attached hydrogen (secondary N) is 2. The zero-order valence-electron chi connectivity index (χ0n) is 16.5. The van der Waals surface area contributed by atoms with Gasteiger partial charge in [-0.15, -0.1) is 0 Å². The van der Waals surface area contributed by atoms with E-state index in [4.69, 9.17) is 4.74 Å². The Morgan fingerprint density at radius 3 is 2.69 bits per heavy atom. The maximum atomic E-state index is 13.1. The number of ether oxygens (including phenoxy) is 1. The molecule has 1 aliphatic carbocycles. The van der Waals surface area contributed by atoms with Crippen molar-refractivity contribution in [3.05, 3.63) is 21.6 Å². The summed E-state index contributed by atoms with van der Waals surface area (Å²) in [6, 6.07) is 0.175. The minimum absolute atomic E-state index is 0.0781. The van der Waals surface area contributed by atoms with E-state index in [-0.39, 0.29) is 24.2 Å². The summed E-state index contributed by atoms with van der Waals surface area (Å²) in [5, 5.41) is 6.22. The summed E-state index contributed by atoms with van der Waals surface area (Å²) in [4.78, 5) is 38.7. The number of anilines is 1. The predicted octanol–water partition coefficient (Wildman–Crippen LogP) is 0.655. The highest BCUT2D eigenvalue weighted by Crippen LogP contribution is 2.20. The Labute approximate surface area is 168 Å². The fourth-order valence-corrected chi connectivity index (χ4v) is 4.46. The molecular formula is C19H27N7O3. The number of H-pyrrole nitrogens is 1. The molecule has 0 atom stereocenters. The Bertz CT molecular complexity index is 957. The van der Waals surface area contributed by atoms with Gasteiger partial charge in [0.1, 0.15) is 0 Å². The number of fused-ring (bicyclic) bond motifs is 2. The third-order valence-electron chi connectivity index (χ3n) is 6.16. The molecule has 2 aliphatic heterocycles. The second kappa shape index (κ2) is 7.66. The molecule has 2 N–H and O–H groups in total. The SMILES string of the molecule is O=C(NC1CCCCC1)N1CCc2nc3nc(N4CCOCC4)[nH]n3c(=O)c2C1. The molecule has 29 heavy (non-hydrogen) atoms. The highest BCUT2D eigenvalue weighted by Gasteiger charge is 2.28. The van der Waals surface area contributed by atoms with E-state index >= 15 is 0 Å². The molecular weight excluding hydrogens is 374 g/mol. The number of aromatic amines is 1. The van der Waals surface area contributed by atoms with E-state index in [2.05, 4.69) is 25.3 Å². The second-order valence-electron chi connectivity index (χ2n) is 8.08. The number of nitrogens with zero attached hydrogens (tertiary/aromatic N) is 5. The average Bonchev–Trinajstić information content (AvgIpc) is 3.19. The summed E-state index contributed by atoms with van der Waals surface area (Å²) >= 11 is 0. The van der Waals surface area contributed by atoms with Crippen LogP contribution in [0.3, 0.4) is 0 Å². The van der Waals surface area contributed by atoms with Crippen LogP contribution in [-0.2, 0) is 17.7 Å². The van der Waals surface area contributed by atoms with Gasteiger partial charge in [0.2, 0.25) is 5.95 Å². The Hall–Kier alpha value is -2.62. The molecule has 2 amide bonds. The molecule has 2 aromatic rings. The number of aromatic nitrogens is 4. The molecule has 0 radical (unpaired) electrons. The number of amides is 2. The number of hydrogen-bond acceptors (Lipinski definition) is 6. The highest BCUT2D eigenvalue weighted by molar-refractivity contribution is 5.74. The zero-order chi connectivity index (χ0) is 19.8. The van der Waals surface area contributed by atoms with Crippen molar-refractivity contribution in [3.8, 4) is 0 Å². The lowest BCUT2D eigenvalue weighted by atomic mass is 9.96. The second-order valence-corrected chi connectivity index (χ2v) is 8.08. The van der Waals surface area contributed by atoms with Gasteiger partial charge < -0.3 is 19.9 Å². The van der Waals surface area contributed by atoms with Gasteiger partial charge in [-0.3, -0.25) is 9.89 Å². The first-order valence-electron chi connectivity index (χ1n) is 10.6. The Balaban J connectivity index is 1.37. The summed E-state index contributed by atoms with van der Waals surface area (Å²) in [6.07, 6.45) is 6.24. The standard InChI is InChI=1S/C19H27N7O3/c27-16-14-12-25(19(28)20-13-4-2-1-3-5-13)7-6-15(14)21-17-22-18(23-26(16)17)24-8-10-29-11-9-24/h13H,1-12H2,(H,20,28)(H,21,22,23). The van der Waals surface area contributed by atoms with Crippen molar-refractivity contribution in [2.45, 2.75) is 51.1 Å². The van der Waals surface area contributed by atoms with Crippen LogP contribution in [0.5, 0.6) is 0 Å². The van der Waals surface area contributed by atoms with Gasteiger partial charge >= 0.3 is 6.03 Å². The fraction of sp³-hybridized carbons (Fsp3) is 0.684. The molecule has 3 aliphatic rings. The number of morpholine rings is 1. The van der Waals surface area contributed by atoms with Crippen LogP contribution in [0.25, 0.3) is 5.78 Å². The minimum Gasteiger partial charge on any atom is -0.378 e. The normalized spacial score (nSPS) is 20.7. The van der Waals surface area contributed by atoms with Gasteiger partial charge in [0, 0.05) is 32.1 Å². The predicted molar refractivity (Wildman–Crippen MR) is 106 cm³/mol. The third kappa shape index (κ3) is 3.57. The first kappa shape index (κ1) is 18.4. The zero-order valence-corrected chi connectivity index (χ0v) is 16.5. The molecule has 0 spiro atoms. The molecule has 156 valence electrons. The maximum absolute atomic E-state index is 13.1. The van der Waals surface area contributed by atoms with E-state index < -0.39 is 0 Å². The van der Waals surface area contributed by atoms with Gasteiger partial charge in [0.05, 0.1) is 31.0 Å². The first-order valence-corrected chi connectivity index (χ1v) is 10.6. The Morgan fingerprint density at radius 2 is 1.90 bits per heavy atom. The van der Waals surface area contributed by atoms with Gasteiger partial charge in [-0.25, -0.2) is 9.78 Å². The van der Waals surface area contributed by atoms with Crippen LogP contribution in [0.1, 0.15) is 43.4 Å². The molecule has 2 fully saturated rings. The van der Waals surface area contributed by atoms with E-state index in [0.717, 1.165) is 31.6 Å². The number of urea groups is 1. The van der Waals surface area contributed by atoms with Gasteiger partial charge in [0.15, 0.2) is 0 Å². The van der Waals surface area contributed by atoms with Crippen molar-refractivity contribution in [2.75, 3.05) is 37.7 Å². The van der Waals surface area contributed by atoms with Crippen LogP contribution in [0, 0.1) is 0 Å². The lowest BCUT2D eigenvalue weighted by molar-refractivity contribution is 0.122. The van der Waals surface area contributed by atoms with E-state index in [1.54, 1.807) is 4.90 Å². The molecule has 0 aromatic carbocycles. The van der Waals surface area contributed by atoms with Crippen LogP contribution in [0.2, 0.25) is 0 Å². The van der Waals surface area contributed by atoms with Gasteiger partial charge in [-0.05, 0) is 12.8 Å². The summed E-state index contributed by atoms with van der Waals surface area (Å²) in [5.41, 5.74) is 1.15. The number of carbonyl (C=O) groups is 1. The quantitative estimate of drug-likeness (QED) is 0.765. The van der Waals surface area contributed by atoms with Crippen LogP contribution < -0.4 is 15.8 Å². The topological polar surface area (TPSA) is 108 Å². The van der Waals surface area contributed by atoms with Crippen LogP contribution in [-0.4, -0.2) is 69.4 Å². The molecule has 10 heteroatoms. The van der Waals surface area contributed by atoms with Gasteiger partial charge in [0.25, 0.3) is 11.3 Å². The number of carbonyl (C=O) groups excluding carboxylic acids is 1. The lowest BCUT2D eigenvalue weighted by Gasteiger charge is -2.31. The third-order valence-corrected chi connectivity index (χ3v) is 6.16. The molecule has 10 nitrogen and oxygen atoms in total. The average molecular weight is 401 g/mol. The number of hydrogen-bond donors (Lipinski definition) is 2. The van der Waals surface area contributed by atoms with Crippen LogP contribution >= 0.6 is 0 Å². The Kier molecular flexibility index (Phi) is 4.86. The first-order chi connectivity index (χ1) is 14.2. The van der Waals surface area contributed by atoms with Crippen molar-refractivity contribution in [1.82, 2.24) is 29.8 Å². The summed E-state index contributed by atoms with van der Waals surface area (Å²) in [6.45, 7) is 3.58. The van der Waals surface area contributed by atoms with Crippen molar-refractivity contribution >= 4 is 17.8 Å². The molecule has 1 saturated carbocycles. The van der Waals surface area contributed by atoms with Crippen LogP contribution in [0.4, 0.5) is 10.7 Å². The monoisotopic (exact) mass is 401 g/mol. The molecule has 5 rings (SSSR count). The molecule has 4 heterocycles. The summed E-state index contributed by atoms with van der Waals surface area (Å²) in [5.74, 6) is 1.02. The van der Waals surface area contributed by atoms with E-state index in [1.165, 1.54) is 23.8 Å². The number of rotatable bonds is 2. The fourth-order valence-electron chi connectivity index (χ4n) is 4.46. The van der Waals surface area contributed by atoms with Gasteiger partial charge in [-0.1, -0.05) is 19.3 Å². The molecule has 0 bridgehead atoms. The molecule has 2 aromatic heterocycles. The molecule has 0 unspecified atom stereocenters. The van der Waals surface area contributed by atoms with E-state index in [0.29, 0.717) is 43.5 Å². The Morgan fingerprint density at radius 1 is 1.10 bits per heavy atom. The van der Waals surface area contributed by atoms with Crippen molar-refractivity contribution < 1.29 is 9.53 Å². The van der Waals surface area contributed by atoms with Crippen molar-refractivity contribution in [1.29, 1.82) is 0 Å². The van der Waals surface area contributed by atoms with Crippen molar-refractivity contribution in [3.63, 3.8) is 0 Å². The minimum atomic E-state index is -0.174. The smallest absolute Gasteiger partial charge is 0.317 e. The lowest BCUT2D eigenvalue weighted by Crippen LogP contribution is -2.48. The maximum Gasteiger partial charge on any atom is 0.317 e.